The fourth-order valence-electron chi connectivity index (χ4n) is 2.22. The smallest absolute Gasteiger partial charge is 0.241 e. The highest BCUT2D eigenvalue weighted by molar-refractivity contribution is 5.97. The highest BCUT2D eigenvalue weighted by Crippen LogP contribution is 2.19. The van der Waals surface area contributed by atoms with Crippen molar-refractivity contribution < 1.29 is 4.79 Å². The van der Waals surface area contributed by atoms with Crippen molar-refractivity contribution in [1.82, 2.24) is 5.32 Å². The summed E-state index contributed by atoms with van der Waals surface area (Å²) in [5.74, 6) is -0.0174. The monoisotopic (exact) mass is 271 g/mol. The van der Waals surface area contributed by atoms with Gasteiger partial charge in [-0.2, -0.15) is 0 Å². The van der Waals surface area contributed by atoms with Gasteiger partial charge in [-0.15, -0.1) is 0 Å². The quantitative estimate of drug-likeness (QED) is 0.753. The maximum Gasteiger partial charge on any atom is 0.241 e. The molecule has 0 heterocycles. The van der Waals surface area contributed by atoms with Crippen molar-refractivity contribution in [3.05, 3.63) is 42.5 Å². The van der Waals surface area contributed by atoms with E-state index in [1.165, 1.54) is 5.39 Å². The molecule has 0 saturated carbocycles. The number of hydrogen-bond donors (Lipinski definition) is 3. The number of benzene rings is 2. The van der Waals surface area contributed by atoms with E-state index in [-0.39, 0.29) is 11.9 Å². The molecule has 0 aliphatic carbocycles. The molecule has 2 aromatic carbocycles. The van der Waals surface area contributed by atoms with Gasteiger partial charge in [0.05, 0.1) is 6.04 Å². The third-order valence-electron chi connectivity index (χ3n) is 3.38. The number of carbonyl (C=O) groups excluding carboxylic acids is 1. The molecule has 0 saturated heterocycles. The van der Waals surface area contributed by atoms with E-state index in [4.69, 9.17) is 5.73 Å². The molecule has 2 aromatic rings. The lowest BCUT2D eigenvalue weighted by Gasteiger charge is -2.15. The van der Waals surface area contributed by atoms with Gasteiger partial charge in [0.1, 0.15) is 0 Å². The van der Waals surface area contributed by atoms with Crippen LogP contribution in [0, 0.1) is 0 Å². The highest BCUT2D eigenvalue weighted by Gasteiger charge is 2.15. The molecule has 0 aliphatic rings. The topological polar surface area (TPSA) is 67.1 Å². The molecular formula is C16H21N3O. The largest absolute Gasteiger partial charge is 0.330 e. The number of fused-ring (bicyclic) bond motifs is 1. The minimum Gasteiger partial charge on any atom is -0.330 e. The van der Waals surface area contributed by atoms with Crippen molar-refractivity contribution >= 4 is 22.4 Å². The Labute approximate surface area is 119 Å². The Morgan fingerprint density at radius 2 is 1.95 bits per heavy atom. The molecule has 4 N–H and O–H groups in total. The minimum absolute atomic E-state index is 0.0174. The van der Waals surface area contributed by atoms with Crippen molar-refractivity contribution in [1.29, 1.82) is 0 Å². The molecule has 4 heteroatoms. The molecule has 0 spiro atoms. The fraction of sp³-hybridized carbons (Fsp3) is 0.312. The van der Waals surface area contributed by atoms with Gasteiger partial charge in [0.2, 0.25) is 5.91 Å². The molecule has 1 amide bonds. The zero-order valence-corrected chi connectivity index (χ0v) is 11.7. The number of carbonyl (C=O) groups is 1. The molecule has 0 radical (unpaired) electrons. The van der Waals surface area contributed by atoms with E-state index in [1.54, 1.807) is 7.05 Å². The average molecular weight is 271 g/mol. The third-order valence-corrected chi connectivity index (χ3v) is 3.38. The second-order valence-corrected chi connectivity index (χ2v) is 4.82. The number of rotatable bonds is 6. The number of nitrogens with two attached hydrogens (primary N) is 1. The van der Waals surface area contributed by atoms with Crippen LogP contribution in [-0.4, -0.2) is 25.5 Å². The summed E-state index contributed by atoms with van der Waals surface area (Å²) in [5.41, 5.74) is 6.31. The van der Waals surface area contributed by atoms with E-state index < -0.39 is 0 Å². The van der Waals surface area contributed by atoms with Crippen LogP contribution in [0.2, 0.25) is 0 Å². The number of anilines is 1. The van der Waals surface area contributed by atoms with Crippen LogP contribution in [0.1, 0.15) is 12.8 Å². The average Bonchev–Trinajstić information content (AvgIpc) is 2.48. The first-order chi connectivity index (χ1) is 9.74. The van der Waals surface area contributed by atoms with Crippen LogP contribution >= 0.6 is 0 Å². The van der Waals surface area contributed by atoms with Gasteiger partial charge >= 0.3 is 0 Å². The number of amides is 1. The van der Waals surface area contributed by atoms with Gasteiger partial charge < -0.3 is 16.4 Å². The van der Waals surface area contributed by atoms with E-state index >= 15 is 0 Å². The van der Waals surface area contributed by atoms with Crippen molar-refractivity contribution in [2.24, 2.45) is 5.73 Å². The second kappa shape index (κ2) is 7.03. The lowest BCUT2D eigenvalue weighted by molar-refractivity contribution is -0.118. The van der Waals surface area contributed by atoms with E-state index in [9.17, 15) is 4.79 Å². The van der Waals surface area contributed by atoms with Crippen molar-refractivity contribution in [3.8, 4) is 0 Å². The van der Waals surface area contributed by atoms with Gasteiger partial charge in [-0.25, -0.2) is 0 Å². The van der Waals surface area contributed by atoms with Crippen molar-refractivity contribution in [3.63, 3.8) is 0 Å². The maximum atomic E-state index is 12.2. The highest BCUT2D eigenvalue weighted by atomic mass is 16.2. The van der Waals surface area contributed by atoms with Crippen LogP contribution < -0.4 is 16.4 Å². The molecular weight excluding hydrogens is 250 g/mol. The Hall–Kier alpha value is -1.91. The SMILES string of the molecule is CNC(CCCN)C(=O)Nc1ccc2ccccc2c1. The van der Waals surface area contributed by atoms with Crippen LogP contribution in [0.4, 0.5) is 5.69 Å². The van der Waals surface area contributed by atoms with Crippen LogP contribution in [0.5, 0.6) is 0 Å². The first-order valence-corrected chi connectivity index (χ1v) is 6.91. The number of hydrogen-bond acceptors (Lipinski definition) is 3. The van der Waals surface area contributed by atoms with E-state index in [2.05, 4.69) is 16.7 Å². The van der Waals surface area contributed by atoms with Crippen molar-refractivity contribution in [2.75, 3.05) is 18.9 Å². The predicted molar refractivity (Wildman–Crippen MR) is 83.7 cm³/mol. The molecule has 0 fully saturated rings. The lowest BCUT2D eigenvalue weighted by Crippen LogP contribution is -2.38. The Bertz CT molecular complexity index is 583. The Morgan fingerprint density at radius 3 is 2.65 bits per heavy atom. The number of likely N-dealkylation sites (N-methyl/N-ethyl adjacent to an activating group) is 1. The van der Waals surface area contributed by atoms with Crippen LogP contribution in [-0.2, 0) is 4.79 Å². The zero-order valence-electron chi connectivity index (χ0n) is 11.7. The van der Waals surface area contributed by atoms with Gasteiger partial charge in [-0.1, -0.05) is 30.3 Å². The molecule has 4 nitrogen and oxygen atoms in total. The van der Waals surface area contributed by atoms with E-state index in [1.807, 2.05) is 36.4 Å². The Kier molecular flexibility index (Phi) is 5.09. The van der Waals surface area contributed by atoms with Crippen LogP contribution in [0.15, 0.2) is 42.5 Å². The molecule has 0 bridgehead atoms. The summed E-state index contributed by atoms with van der Waals surface area (Å²) in [6.07, 6.45) is 1.57. The first kappa shape index (κ1) is 14.5. The molecule has 0 aliphatic heterocycles. The second-order valence-electron chi connectivity index (χ2n) is 4.82. The van der Waals surface area contributed by atoms with Gasteiger partial charge in [0.25, 0.3) is 0 Å². The first-order valence-electron chi connectivity index (χ1n) is 6.91. The number of nitrogens with one attached hydrogen (secondary N) is 2. The lowest BCUT2D eigenvalue weighted by atomic mass is 10.1. The van der Waals surface area contributed by atoms with Crippen LogP contribution in [0.25, 0.3) is 10.8 Å². The van der Waals surface area contributed by atoms with Crippen molar-refractivity contribution in [2.45, 2.75) is 18.9 Å². The molecule has 0 aromatic heterocycles. The Morgan fingerprint density at radius 1 is 1.20 bits per heavy atom. The van der Waals surface area contributed by atoms with E-state index in [0.717, 1.165) is 23.9 Å². The standard InChI is InChI=1S/C16H21N3O/c1-18-15(7-4-10-17)16(20)19-14-9-8-12-5-2-3-6-13(12)11-14/h2-3,5-6,8-9,11,15,18H,4,7,10,17H2,1H3,(H,19,20). The Balaban J connectivity index is 2.08. The summed E-state index contributed by atoms with van der Waals surface area (Å²) in [7, 11) is 1.79. The van der Waals surface area contributed by atoms with Gasteiger partial charge in [0.15, 0.2) is 0 Å². The normalized spacial score (nSPS) is 12.3. The fourth-order valence-corrected chi connectivity index (χ4v) is 2.22. The molecule has 1 unspecified atom stereocenters. The van der Waals surface area contributed by atoms with Gasteiger partial charge in [0, 0.05) is 5.69 Å². The summed E-state index contributed by atoms with van der Waals surface area (Å²) in [5, 5.41) is 8.26. The zero-order chi connectivity index (χ0) is 14.4. The summed E-state index contributed by atoms with van der Waals surface area (Å²) < 4.78 is 0. The summed E-state index contributed by atoms with van der Waals surface area (Å²) in [4.78, 5) is 12.2. The van der Waals surface area contributed by atoms with Crippen LogP contribution in [0.3, 0.4) is 0 Å². The summed E-state index contributed by atoms with van der Waals surface area (Å²) in [6.45, 7) is 0.599. The molecule has 2 rings (SSSR count). The minimum atomic E-state index is -0.204. The predicted octanol–water partition coefficient (Wildman–Crippen LogP) is 2.11. The maximum absolute atomic E-state index is 12.2. The van der Waals surface area contributed by atoms with Gasteiger partial charge in [-0.05, 0) is 49.3 Å². The molecule has 1 atom stereocenters. The van der Waals surface area contributed by atoms with Gasteiger partial charge in [-0.3, -0.25) is 4.79 Å². The summed E-state index contributed by atoms with van der Waals surface area (Å²) in [6, 6.07) is 13.8. The summed E-state index contributed by atoms with van der Waals surface area (Å²) >= 11 is 0. The molecule has 106 valence electrons. The molecule has 20 heavy (non-hydrogen) atoms. The third kappa shape index (κ3) is 3.56. The van der Waals surface area contributed by atoms with E-state index in [0.29, 0.717) is 6.54 Å².